The molecule has 0 atom stereocenters. The molecule has 0 unspecified atom stereocenters. The first-order valence-corrected chi connectivity index (χ1v) is 8.69. The summed E-state index contributed by atoms with van der Waals surface area (Å²) in [4.78, 5) is 9.41. The van der Waals surface area contributed by atoms with Crippen molar-refractivity contribution in [2.45, 2.75) is 19.9 Å². The third kappa shape index (κ3) is 2.33. The standard InChI is InChI=1S/C21H23N3/c1-3-24(4-2)21(17-13-22-19-11-7-5-9-15(17)19)18-14-23-20-12-8-6-10-16(18)20/h5-14,21-23H,3-4H2,1-2H3. The highest BCUT2D eigenvalue weighted by Crippen LogP contribution is 2.36. The van der Waals surface area contributed by atoms with E-state index in [4.69, 9.17) is 0 Å². The molecule has 2 aromatic carbocycles. The minimum Gasteiger partial charge on any atom is -0.361 e. The van der Waals surface area contributed by atoms with Crippen LogP contribution in [0.2, 0.25) is 0 Å². The molecule has 0 saturated carbocycles. The molecule has 3 nitrogen and oxygen atoms in total. The first-order chi connectivity index (χ1) is 11.8. The molecule has 0 fully saturated rings. The number of H-pyrrole nitrogens is 2. The Morgan fingerprint density at radius 1 is 0.750 bits per heavy atom. The van der Waals surface area contributed by atoms with E-state index in [0.29, 0.717) is 0 Å². The van der Waals surface area contributed by atoms with E-state index in [1.165, 1.54) is 32.9 Å². The molecule has 2 N–H and O–H groups in total. The van der Waals surface area contributed by atoms with Gasteiger partial charge in [-0.15, -0.1) is 0 Å². The van der Waals surface area contributed by atoms with Crippen molar-refractivity contribution in [3.63, 3.8) is 0 Å². The summed E-state index contributed by atoms with van der Waals surface area (Å²) in [5.41, 5.74) is 5.09. The Balaban J connectivity index is 1.95. The topological polar surface area (TPSA) is 34.8 Å². The Hall–Kier alpha value is -2.52. The molecule has 0 aliphatic carbocycles. The monoisotopic (exact) mass is 317 g/mol. The van der Waals surface area contributed by atoms with Gasteiger partial charge in [-0.3, -0.25) is 4.90 Å². The van der Waals surface area contributed by atoms with Crippen LogP contribution in [0, 0.1) is 0 Å². The van der Waals surface area contributed by atoms with E-state index in [1.54, 1.807) is 0 Å². The van der Waals surface area contributed by atoms with Crippen LogP contribution in [0.1, 0.15) is 31.0 Å². The number of hydrogen-bond donors (Lipinski definition) is 2. The molecule has 24 heavy (non-hydrogen) atoms. The predicted molar refractivity (Wildman–Crippen MR) is 101 cm³/mol. The highest BCUT2D eigenvalue weighted by molar-refractivity contribution is 5.87. The summed E-state index contributed by atoms with van der Waals surface area (Å²) in [6.07, 6.45) is 4.35. The molecular formula is C21H23N3. The molecule has 4 aromatic rings. The second-order valence-corrected chi connectivity index (χ2v) is 6.20. The summed E-state index contributed by atoms with van der Waals surface area (Å²) in [5.74, 6) is 0. The number of aromatic nitrogens is 2. The number of nitrogens with one attached hydrogen (secondary N) is 2. The van der Waals surface area contributed by atoms with Crippen molar-refractivity contribution in [2.24, 2.45) is 0 Å². The van der Waals surface area contributed by atoms with E-state index in [0.717, 1.165) is 13.1 Å². The summed E-state index contributed by atoms with van der Waals surface area (Å²) in [6.45, 7) is 6.50. The second kappa shape index (κ2) is 6.17. The zero-order valence-electron chi connectivity index (χ0n) is 14.2. The zero-order chi connectivity index (χ0) is 16.5. The molecule has 122 valence electrons. The lowest BCUT2D eigenvalue weighted by atomic mass is 9.96. The second-order valence-electron chi connectivity index (χ2n) is 6.20. The summed E-state index contributed by atoms with van der Waals surface area (Å²) < 4.78 is 0. The van der Waals surface area contributed by atoms with Gasteiger partial charge in [0.05, 0.1) is 6.04 Å². The molecule has 4 rings (SSSR count). The maximum atomic E-state index is 3.44. The molecule has 0 aliphatic rings. The fraction of sp³-hybridized carbons (Fsp3) is 0.238. The molecular weight excluding hydrogens is 294 g/mol. The maximum Gasteiger partial charge on any atom is 0.0643 e. The normalized spacial score (nSPS) is 12.0. The largest absolute Gasteiger partial charge is 0.361 e. The highest BCUT2D eigenvalue weighted by Gasteiger charge is 2.25. The summed E-state index contributed by atoms with van der Waals surface area (Å²) in [7, 11) is 0. The van der Waals surface area contributed by atoms with Crippen LogP contribution in [0.3, 0.4) is 0 Å². The SMILES string of the molecule is CCN(CC)C(c1c[nH]c2ccccc12)c1c[nH]c2ccccc12. The molecule has 2 aromatic heterocycles. The Bertz CT molecular complexity index is 885. The minimum absolute atomic E-state index is 0.243. The van der Waals surface area contributed by atoms with Crippen molar-refractivity contribution in [1.29, 1.82) is 0 Å². The summed E-state index contributed by atoms with van der Waals surface area (Å²) in [6, 6.07) is 17.4. The number of fused-ring (bicyclic) bond motifs is 2. The van der Waals surface area contributed by atoms with Crippen molar-refractivity contribution in [2.75, 3.05) is 13.1 Å². The highest BCUT2D eigenvalue weighted by atomic mass is 15.1. The van der Waals surface area contributed by atoms with Gasteiger partial charge in [0.25, 0.3) is 0 Å². The van der Waals surface area contributed by atoms with Gasteiger partial charge in [-0.25, -0.2) is 0 Å². The van der Waals surface area contributed by atoms with Gasteiger partial charge in [0.15, 0.2) is 0 Å². The molecule has 2 heterocycles. The fourth-order valence-corrected chi connectivity index (χ4v) is 3.79. The van der Waals surface area contributed by atoms with Crippen LogP contribution in [0.5, 0.6) is 0 Å². The van der Waals surface area contributed by atoms with Gasteiger partial charge in [-0.05, 0) is 36.3 Å². The maximum absolute atomic E-state index is 3.44. The van der Waals surface area contributed by atoms with Crippen LogP contribution in [-0.2, 0) is 0 Å². The average molecular weight is 317 g/mol. The number of rotatable bonds is 5. The first kappa shape index (κ1) is 15.0. The van der Waals surface area contributed by atoms with Crippen LogP contribution >= 0.6 is 0 Å². The fourth-order valence-electron chi connectivity index (χ4n) is 3.79. The predicted octanol–water partition coefficient (Wildman–Crippen LogP) is 5.08. The van der Waals surface area contributed by atoms with Crippen LogP contribution < -0.4 is 0 Å². The van der Waals surface area contributed by atoms with Gasteiger partial charge in [-0.1, -0.05) is 50.2 Å². The third-order valence-corrected chi connectivity index (χ3v) is 5.01. The van der Waals surface area contributed by atoms with Crippen molar-refractivity contribution in [1.82, 2.24) is 14.9 Å². The smallest absolute Gasteiger partial charge is 0.0643 e. The number of nitrogens with zero attached hydrogens (tertiary/aromatic N) is 1. The van der Waals surface area contributed by atoms with Crippen molar-refractivity contribution >= 4 is 21.8 Å². The number of hydrogen-bond acceptors (Lipinski definition) is 1. The molecule has 0 bridgehead atoms. The van der Waals surface area contributed by atoms with E-state index >= 15 is 0 Å². The van der Waals surface area contributed by atoms with Crippen LogP contribution in [-0.4, -0.2) is 28.0 Å². The van der Waals surface area contributed by atoms with Gasteiger partial charge in [0.1, 0.15) is 0 Å². The van der Waals surface area contributed by atoms with E-state index in [1.807, 2.05) is 0 Å². The van der Waals surface area contributed by atoms with E-state index in [-0.39, 0.29) is 6.04 Å². The average Bonchev–Trinajstić information content (AvgIpc) is 3.24. The molecule has 0 aliphatic heterocycles. The van der Waals surface area contributed by atoms with Crippen molar-refractivity contribution < 1.29 is 0 Å². The van der Waals surface area contributed by atoms with Gasteiger partial charge >= 0.3 is 0 Å². The van der Waals surface area contributed by atoms with Gasteiger partial charge < -0.3 is 9.97 Å². The van der Waals surface area contributed by atoms with Crippen LogP contribution in [0.4, 0.5) is 0 Å². The van der Waals surface area contributed by atoms with E-state index < -0.39 is 0 Å². The number of aromatic amines is 2. The Morgan fingerprint density at radius 3 is 1.67 bits per heavy atom. The van der Waals surface area contributed by atoms with E-state index in [9.17, 15) is 0 Å². The van der Waals surface area contributed by atoms with Gasteiger partial charge in [0.2, 0.25) is 0 Å². The molecule has 0 spiro atoms. The van der Waals surface area contributed by atoms with E-state index in [2.05, 4.69) is 89.6 Å². The summed E-state index contributed by atoms with van der Waals surface area (Å²) >= 11 is 0. The minimum atomic E-state index is 0.243. The quantitative estimate of drug-likeness (QED) is 0.529. The molecule has 0 saturated heterocycles. The Kier molecular flexibility index (Phi) is 3.87. The van der Waals surface area contributed by atoms with Gasteiger partial charge in [-0.2, -0.15) is 0 Å². The molecule has 0 amide bonds. The van der Waals surface area contributed by atoms with Crippen LogP contribution in [0.15, 0.2) is 60.9 Å². The zero-order valence-corrected chi connectivity index (χ0v) is 14.2. The lowest BCUT2D eigenvalue weighted by Crippen LogP contribution is -2.29. The lowest BCUT2D eigenvalue weighted by molar-refractivity contribution is 0.253. The number of para-hydroxylation sites is 2. The van der Waals surface area contributed by atoms with Crippen molar-refractivity contribution in [3.8, 4) is 0 Å². The number of benzene rings is 2. The summed E-state index contributed by atoms with van der Waals surface area (Å²) in [5, 5.41) is 2.61. The third-order valence-electron chi connectivity index (χ3n) is 5.01. The van der Waals surface area contributed by atoms with Crippen molar-refractivity contribution in [3.05, 3.63) is 72.1 Å². The molecule has 0 radical (unpaired) electrons. The first-order valence-electron chi connectivity index (χ1n) is 8.69. The van der Waals surface area contributed by atoms with Crippen LogP contribution in [0.25, 0.3) is 21.8 Å². The van der Waals surface area contributed by atoms with Gasteiger partial charge in [0, 0.05) is 34.2 Å². The Morgan fingerprint density at radius 2 is 1.21 bits per heavy atom. The molecule has 3 heteroatoms. The lowest BCUT2D eigenvalue weighted by Gasteiger charge is -2.29. The Labute approximate surface area is 142 Å².